The lowest BCUT2D eigenvalue weighted by atomic mass is 10.00. The highest BCUT2D eigenvalue weighted by molar-refractivity contribution is 6.03. The van der Waals surface area contributed by atoms with Crippen molar-refractivity contribution >= 4 is 17.5 Å². The van der Waals surface area contributed by atoms with Crippen molar-refractivity contribution in [2.24, 2.45) is 5.92 Å². The number of benzene rings is 1. The summed E-state index contributed by atoms with van der Waals surface area (Å²) in [4.78, 5) is 23.7. The molecule has 6 nitrogen and oxygen atoms in total. The Balaban J connectivity index is 1.75. The molecule has 132 valence electrons. The maximum Gasteiger partial charge on any atom is 0.274 e. The third kappa shape index (κ3) is 4.26. The molecule has 3 rings (SSSR count). The topological polar surface area (TPSA) is 67.3 Å². The van der Waals surface area contributed by atoms with Crippen LogP contribution in [0.2, 0.25) is 0 Å². The van der Waals surface area contributed by atoms with Crippen LogP contribution in [0.5, 0.6) is 5.75 Å². The van der Waals surface area contributed by atoms with Gasteiger partial charge in [-0.1, -0.05) is 6.92 Å². The van der Waals surface area contributed by atoms with Crippen molar-refractivity contribution < 1.29 is 9.53 Å². The zero-order valence-corrected chi connectivity index (χ0v) is 15.0. The second-order valence-electron chi connectivity index (χ2n) is 6.55. The summed E-state index contributed by atoms with van der Waals surface area (Å²) in [5, 5.41) is 2.87. The number of hydrogen-bond donors (Lipinski definition) is 1. The molecule has 1 saturated heterocycles. The van der Waals surface area contributed by atoms with Crippen molar-refractivity contribution in [1.82, 2.24) is 9.97 Å². The highest BCUT2D eigenvalue weighted by Crippen LogP contribution is 2.21. The summed E-state index contributed by atoms with van der Waals surface area (Å²) in [7, 11) is 1.61. The lowest BCUT2D eigenvalue weighted by Crippen LogP contribution is -2.34. The van der Waals surface area contributed by atoms with Gasteiger partial charge < -0.3 is 15.0 Å². The molecular weight excluding hydrogens is 316 g/mol. The SMILES string of the molecule is COc1ccc(NC(=O)c2cc(C)nc(N3CCC(C)CC3)n2)cc1. The van der Waals surface area contributed by atoms with Crippen molar-refractivity contribution in [3.63, 3.8) is 0 Å². The van der Waals surface area contributed by atoms with Gasteiger partial charge >= 0.3 is 0 Å². The molecule has 25 heavy (non-hydrogen) atoms. The van der Waals surface area contributed by atoms with E-state index in [1.165, 1.54) is 0 Å². The van der Waals surface area contributed by atoms with Gasteiger partial charge in [0.25, 0.3) is 5.91 Å². The van der Waals surface area contributed by atoms with Crippen LogP contribution >= 0.6 is 0 Å². The molecule has 0 spiro atoms. The molecule has 2 aromatic rings. The van der Waals surface area contributed by atoms with Gasteiger partial charge in [0.2, 0.25) is 5.95 Å². The molecule has 1 aromatic heterocycles. The van der Waals surface area contributed by atoms with Crippen LogP contribution in [0, 0.1) is 12.8 Å². The van der Waals surface area contributed by atoms with Gasteiger partial charge in [0.15, 0.2) is 0 Å². The zero-order chi connectivity index (χ0) is 17.8. The molecule has 1 amide bonds. The summed E-state index contributed by atoms with van der Waals surface area (Å²) in [6, 6.07) is 8.94. The predicted molar refractivity (Wildman–Crippen MR) is 98.3 cm³/mol. The van der Waals surface area contributed by atoms with Crippen molar-refractivity contribution in [3.05, 3.63) is 41.7 Å². The van der Waals surface area contributed by atoms with Crippen LogP contribution in [0.15, 0.2) is 30.3 Å². The van der Waals surface area contributed by atoms with Gasteiger partial charge in [0, 0.05) is 24.5 Å². The van der Waals surface area contributed by atoms with Gasteiger partial charge in [0.1, 0.15) is 11.4 Å². The molecule has 1 aliphatic heterocycles. The summed E-state index contributed by atoms with van der Waals surface area (Å²) >= 11 is 0. The summed E-state index contributed by atoms with van der Waals surface area (Å²) in [5.74, 6) is 1.89. The van der Waals surface area contributed by atoms with Crippen LogP contribution in [0.3, 0.4) is 0 Å². The molecule has 2 heterocycles. The highest BCUT2D eigenvalue weighted by Gasteiger charge is 2.20. The third-order valence-electron chi connectivity index (χ3n) is 4.49. The fraction of sp³-hybridized carbons (Fsp3) is 0.421. The zero-order valence-electron chi connectivity index (χ0n) is 15.0. The number of rotatable bonds is 4. The third-order valence-corrected chi connectivity index (χ3v) is 4.49. The Morgan fingerprint density at radius 3 is 2.52 bits per heavy atom. The minimum Gasteiger partial charge on any atom is -0.497 e. The number of carbonyl (C=O) groups excluding carboxylic acids is 1. The fourth-order valence-corrected chi connectivity index (χ4v) is 2.89. The van der Waals surface area contributed by atoms with E-state index in [0.717, 1.165) is 43.3 Å². The predicted octanol–water partition coefficient (Wildman–Crippen LogP) is 3.28. The Labute approximate surface area is 148 Å². The van der Waals surface area contributed by atoms with E-state index in [0.29, 0.717) is 17.3 Å². The van der Waals surface area contributed by atoms with Crippen molar-refractivity contribution in [2.75, 3.05) is 30.4 Å². The lowest BCUT2D eigenvalue weighted by molar-refractivity contribution is 0.102. The average molecular weight is 340 g/mol. The van der Waals surface area contributed by atoms with E-state index in [4.69, 9.17) is 4.74 Å². The average Bonchev–Trinajstić information content (AvgIpc) is 2.62. The first-order chi connectivity index (χ1) is 12.0. The van der Waals surface area contributed by atoms with Gasteiger partial charge in [-0.3, -0.25) is 4.79 Å². The number of nitrogens with one attached hydrogen (secondary N) is 1. The van der Waals surface area contributed by atoms with E-state index < -0.39 is 0 Å². The van der Waals surface area contributed by atoms with Gasteiger partial charge in [-0.05, 0) is 56.0 Å². The molecule has 0 saturated carbocycles. The molecule has 1 aliphatic rings. The summed E-state index contributed by atoms with van der Waals surface area (Å²) < 4.78 is 5.13. The van der Waals surface area contributed by atoms with Crippen LogP contribution in [-0.2, 0) is 0 Å². The Morgan fingerprint density at radius 2 is 1.88 bits per heavy atom. The number of aryl methyl sites for hydroxylation is 1. The Morgan fingerprint density at radius 1 is 1.20 bits per heavy atom. The van der Waals surface area contributed by atoms with Crippen LogP contribution in [0.4, 0.5) is 11.6 Å². The van der Waals surface area contributed by atoms with Crippen molar-refractivity contribution in [2.45, 2.75) is 26.7 Å². The minimum atomic E-state index is -0.234. The van der Waals surface area contributed by atoms with Crippen LogP contribution in [-0.4, -0.2) is 36.1 Å². The number of piperidine rings is 1. The summed E-state index contributed by atoms with van der Waals surface area (Å²) in [6.45, 7) is 6.03. The quantitative estimate of drug-likeness (QED) is 0.925. The Kier molecular flexibility index (Phi) is 5.16. The number of ether oxygens (including phenoxy) is 1. The number of anilines is 2. The fourth-order valence-electron chi connectivity index (χ4n) is 2.89. The molecule has 0 atom stereocenters. The molecule has 1 fully saturated rings. The number of carbonyl (C=O) groups is 1. The number of methoxy groups -OCH3 is 1. The van der Waals surface area contributed by atoms with E-state index >= 15 is 0 Å². The molecule has 0 aliphatic carbocycles. The second-order valence-corrected chi connectivity index (χ2v) is 6.55. The van der Waals surface area contributed by atoms with E-state index in [2.05, 4.69) is 27.1 Å². The lowest BCUT2D eigenvalue weighted by Gasteiger charge is -2.30. The number of amides is 1. The van der Waals surface area contributed by atoms with Gasteiger partial charge in [-0.2, -0.15) is 0 Å². The molecule has 1 N–H and O–H groups in total. The molecular formula is C19H24N4O2. The first-order valence-corrected chi connectivity index (χ1v) is 8.61. The normalized spacial score (nSPS) is 15.1. The minimum absolute atomic E-state index is 0.234. The molecule has 0 unspecified atom stereocenters. The van der Waals surface area contributed by atoms with E-state index in [9.17, 15) is 4.79 Å². The van der Waals surface area contributed by atoms with E-state index in [-0.39, 0.29) is 5.91 Å². The standard InChI is InChI=1S/C19H24N4O2/c1-13-8-10-23(11-9-13)19-20-14(2)12-17(22-19)18(24)21-15-4-6-16(25-3)7-5-15/h4-7,12-13H,8-11H2,1-3H3,(H,21,24). The smallest absolute Gasteiger partial charge is 0.274 e. The number of nitrogens with zero attached hydrogens (tertiary/aromatic N) is 3. The molecule has 0 bridgehead atoms. The van der Waals surface area contributed by atoms with Gasteiger partial charge in [-0.15, -0.1) is 0 Å². The van der Waals surface area contributed by atoms with Gasteiger partial charge in [-0.25, -0.2) is 9.97 Å². The molecule has 6 heteroatoms. The maximum absolute atomic E-state index is 12.6. The van der Waals surface area contributed by atoms with E-state index in [1.54, 1.807) is 37.4 Å². The Bertz CT molecular complexity index is 738. The largest absolute Gasteiger partial charge is 0.497 e. The molecule has 1 aromatic carbocycles. The number of hydrogen-bond acceptors (Lipinski definition) is 5. The van der Waals surface area contributed by atoms with E-state index in [1.807, 2.05) is 6.92 Å². The monoisotopic (exact) mass is 340 g/mol. The van der Waals surface area contributed by atoms with Crippen molar-refractivity contribution in [3.8, 4) is 5.75 Å². The molecule has 0 radical (unpaired) electrons. The second kappa shape index (κ2) is 7.51. The van der Waals surface area contributed by atoms with Crippen LogP contribution in [0.1, 0.15) is 35.9 Å². The first-order valence-electron chi connectivity index (χ1n) is 8.61. The maximum atomic E-state index is 12.6. The highest BCUT2D eigenvalue weighted by atomic mass is 16.5. The van der Waals surface area contributed by atoms with Gasteiger partial charge in [0.05, 0.1) is 7.11 Å². The first kappa shape index (κ1) is 17.2. The number of aromatic nitrogens is 2. The summed E-state index contributed by atoms with van der Waals surface area (Å²) in [5.41, 5.74) is 1.89. The van der Waals surface area contributed by atoms with Crippen LogP contribution < -0.4 is 15.0 Å². The van der Waals surface area contributed by atoms with Crippen LogP contribution in [0.25, 0.3) is 0 Å². The van der Waals surface area contributed by atoms with Crippen molar-refractivity contribution in [1.29, 1.82) is 0 Å². The summed E-state index contributed by atoms with van der Waals surface area (Å²) in [6.07, 6.45) is 2.26. The Hall–Kier alpha value is -2.63.